The van der Waals surface area contributed by atoms with E-state index in [1.54, 1.807) is 32.3 Å². The van der Waals surface area contributed by atoms with Crippen molar-refractivity contribution in [3.8, 4) is 0 Å². The van der Waals surface area contributed by atoms with Gasteiger partial charge in [0.25, 0.3) is 5.91 Å². The van der Waals surface area contributed by atoms with E-state index in [4.69, 9.17) is 0 Å². The van der Waals surface area contributed by atoms with Gasteiger partial charge in [-0.15, -0.1) is 0 Å². The quantitative estimate of drug-likeness (QED) is 0.694. The average molecular weight is 417 g/mol. The number of sulfonamides is 1. The van der Waals surface area contributed by atoms with Crippen LogP contribution in [0.25, 0.3) is 0 Å². The molecule has 0 aliphatic rings. The molecule has 0 bridgehead atoms. The number of carbonyl (C=O) groups excluding carboxylic acids is 3. The van der Waals surface area contributed by atoms with E-state index in [0.29, 0.717) is 16.8 Å². The van der Waals surface area contributed by atoms with Crippen LogP contribution in [0.1, 0.15) is 27.6 Å². The highest BCUT2D eigenvalue weighted by atomic mass is 32.2. The Morgan fingerprint density at radius 1 is 0.966 bits per heavy atom. The molecule has 8 nitrogen and oxygen atoms in total. The number of nitrogens with zero attached hydrogens (tertiary/aromatic N) is 2. The third-order valence-corrected chi connectivity index (χ3v) is 5.19. The molecule has 2 aromatic carbocycles. The second-order valence-electron chi connectivity index (χ2n) is 6.70. The summed E-state index contributed by atoms with van der Waals surface area (Å²) in [6, 6.07) is 12.3. The Balaban J connectivity index is 2.21. The van der Waals surface area contributed by atoms with Gasteiger partial charge in [-0.05, 0) is 43.3 Å². The highest BCUT2D eigenvalue weighted by Crippen LogP contribution is 2.19. The van der Waals surface area contributed by atoms with Gasteiger partial charge in [-0.3, -0.25) is 18.7 Å². The maximum atomic E-state index is 12.4. The number of amides is 2. The number of benzene rings is 2. The van der Waals surface area contributed by atoms with Crippen LogP contribution in [0.5, 0.6) is 0 Å². The summed E-state index contributed by atoms with van der Waals surface area (Å²) in [5.41, 5.74) is 1.49. The number of hydrogen-bond acceptors (Lipinski definition) is 5. The molecule has 0 saturated heterocycles. The Hall–Kier alpha value is -3.20. The second kappa shape index (κ2) is 8.87. The van der Waals surface area contributed by atoms with Gasteiger partial charge in [-0.2, -0.15) is 0 Å². The molecule has 0 radical (unpaired) electrons. The zero-order valence-corrected chi connectivity index (χ0v) is 17.5. The van der Waals surface area contributed by atoms with E-state index in [1.165, 1.54) is 42.2 Å². The van der Waals surface area contributed by atoms with Gasteiger partial charge >= 0.3 is 0 Å². The summed E-state index contributed by atoms with van der Waals surface area (Å²) in [6.45, 7) is 0.959. The van der Waals surface area contributed by atoms with Crippen LogP contribution in [-0.4, -0.2) is 57.8 Å². The van der Waals surface area contributed by atoms with E-state index in [2.05, 4.69) is 5.32 Å². The fourth-order valence-electron chi connectivity index (χ4n) is 2.58. The van der Waals surface area contributed by atoms with Gasteiger partial charge in [-0.1, -0.05) is 12.1 Å². The van der Waals surface area contributed by atoms with Crippen molar-refractivity contribution in [2.45, 2.75) is 6.92 Å². The number of anilines is 2. The third-order valence-electron chi connectivity index (χ3n) is 4.05. The summed E-state index contributed by atoms with van der Waals surface area (Å²) in [5, 5.41) is 2.60. The molecule has 29 heavy (non-hydrogen) atoms. The first-order chi connectivity index (χ1) is 13.5. The van der Waals surface area contributed by atoms with E-state index in [-0.39, 0.29) is 17.4 Å². The molecule has 154 valence electrons. The SMILES string of the molecule is CC(=O)c1cccc(NC(=O)CN(c2ccc(C(=O)N(C)C)cc2)S(C)(=O)=O)c1. The van der Waals surface area contributed by atoms with Crippen molar-refractivity contribution in [3.63, 3.8) is 0 Å². The molecular weight excluding hydrogens is 394 g/mol. The lowest BCUT2D eigenvalue weighted by atomic mass is 10.1. The number of Topliss-reactive ketones (excluding diaryl/α,β-unsaturated/α-hetero) is 1. The first kappa shape index (κ1) is 22.1. The zero-order chi connectivity index (χ0) is 21.8. The maximum Gasteiger partial charge on any atom is 0.253 e. The molecule has 0 aromatic heterocycles. The van der Waals surface area contributed by atoms with E-state index in [0.717, 1.165) is 10.6 Å². The molecule has 0 fully saturated rings. The van der Waals surface area contributed by atoms with Gasteiger partial charge in [0.15, 0.2) is 5.78 Å². The van der Waals surface area contributed by atoms with Crippen molar-refractivity contribution >= 4 is 39.0 Å². The number of rotatable bonds is 7. The molecule has 0 heterocycles. The van der Waals surface area contributed by atoms with Crippen LogP contribution < -0.4 is 9.62 Å². The predicted molar refractivity (Wildman–Crippen MR) is 112 cm³/mol. The van der Waals surface area contributed by atoms with Gasteiger partial charge in [0, 0.05) is 30.9 Å². The molecule has 0 saturated carbocycles. The number of ketones is 1. The molecule has 2 amide bonds. The van der Waals surface area contributed by atoms with Crippen LogP contribution in [0.3, 0.4) is 0 Å². The summed E-state index contributed by atoms with van der Waals surface area (Å²) in [4.78, 5) is 37.3. The summed E-state index contributed by atoms with van der Waals surface area (Å²) < 4.78 is 25.4. The lowest BCUT2D eigenvalue weighted by Gasteiger charge is -2.22. The second-order valence-corrected chi connectivity index (χ2v) is 8.61. The van der Waals surface area contributed by atoms with Crippen LogP contribution in [-0.2, 0) is 14.8 Å². The molecule has 2 rings (SSSR count). The number of carbonyl (C=O) groups is 3. The van der Waals surface area contributed by atoms with Gasteiger partial charge in [-0.25, -0.2) is 8.42 Å². The van der Waals surface area contributed by atoms with E-state index < -0.39 is 22.5 Å². The van der Waals surface area contributed by atoms with Gasteiger partial charge in [0.1, 0.15) is 6.54 Å². The highest BCUT2D eigenvalue weighted by Gasteiger charge is 2.21. The minimum absolute atomic E-state index is 0.147. The lowest BCUT2D eigenvalue weighted by molar-refractivity contribution is -0.114. The number of hydrogen-bond donors (Lipinski definition) is 1. The minimum atomic E-state index is -3.75. The first-order valence-corrected chi connectivity index (χ1v) is 10.5. The molecule has 0 spiro atoms. The Morgan fingerprint density at radius 2 is 1.59 bits per heavy atom. The summed E-state index contributed by atoms with van der Waals surface area (Å²) in [5.74, 6) is -0.929. The normalized spacial score (nSPS) is 10.9. The van der Waals surface area contributed by atoms with E-state index in [1.807, 2.05) is 0 Å². The Morgan fingerprint density at radius 3 is 2.10 bits per heavy atom. The van der Waals surface area contributed by atoms with Crippen LogP contribution in [0, 0.1) is 0 Å². The minimum Gasteiger partial charge on any atom is -0.345 e. The fourth-order valence-corrected chi connectivity index (χ4v) is 3.43. The van der Waals surface area contributed by atoms with Crippen molar-refractivity contribution in [1.29, 1.82) is 0 Å². The van der Waals surface area contributed by atoms with Crippen LogP contribution >= 0.6 is 0 Å². The van der Waals surface area contributed by atoms with Crippen molar-refractivity contribution in [1.82, 2.24) is 4.90 Å². The smallest absolute Gasteiger partial charge is 0.253 e. The highest BCUT2D eigenvalue weighted by molar-refractivity contribution is 7.92. The Kier molecular flexibility index (Phi) is 6.76. The van der Waals surface area contributed by atoms with Crippen molar-refractivity contribution in [3.05, 3.63) is 59.7 Å². The third kappa shape index (κ3) is 5.89. The zero-order valence-electron chi connectivity index (χ0n) is 16.7. The molecule has 0 aliphatic heterocycles. The van der Waals surface area contributed by atoms with Crippen LogP contribution in [0.4, 0.5) is 11.4 Å². The standard InChI is InChI=1S/C20H23N3O5S/c1-14(24)16-6-5-7-17(12-16)21-19(25)13-23(29(4,27)28)18-10-8-15(9-11-18)20(26)22(2)3/h5-12H,13H2,1-4H3,(H,21,25). The maximum absolute atomic E-state index is 12.4. The molecular formula is C20H23N3O5S. The van der Waals surface area contributed by atoms with Crippen LogP contribution in [0.15, 0.2) is 48.5 Å². The molecule has 1 N–H and O–H groups in total. The average Bonchev–Trinajstić information content (AvgIpc) is 2.65. The molecule has 2 aromatic rings. The summed E-state index contributed by atoms with van der Waals surface area (Å²) >= 11 is 0. The first-order valence-electron chi connectivity index (χ1n) is 8.69. The van der Waals surface area contributed by atoms with Crippen molar-refractivity contribution in [2.75, 3.05) is 36.5 Å². The summed E-state index contributed by atoms with van der Waals surface area (Å²) in [7, 11) is -0.522. The Bertz CT molecular complexity index is 1030. The van der Waals surface area contributed by atoms with Gasteiger partial charge < -0.3 is 10.2 Å². The van der Waals surface area contributed by atoms with Gasteiger partial charge in [0.2, 0.25) is 15.9 Å². The predicted octanol–water partition coefficient (Wildman–Crippen LogP) is 2.00. The van der Waals surface area contributed by atoms with Gasteiger partial charge in [0.05, 0.1) is 11.9 Å². The van der Waals surface area contributed by atoms with E-state index in [9.17, 15) is 22.8 Å². The molecule has 0 aliphatic carbocycles. The lowest BCUT2D eigenvalue weighted by Crippen LogP contribution is -2.37. The molecule has 0 atom stereocenters. The number of nitrogens with one attached hydrogen (secondary N) is 1. The van der Waals surface area contributed by atoms with Crippen molar-refractivity contribution < 1.29 is 22.8 Å². The topological polar surface area (TPSA) is 104 Å². The Labute approximate surface area is 170 Å². The van der Waals surface area contributed by atoms with Crippen molar-refractivity contribution in [2.24, 2.45) is 0 Å². The molecule has 0 unspecified atom stereocenters. The van der Waals surface area contributed by atoms with Crippen LogP contribution in [0.2, 0.25) is 0 Å². The van der Waals surface area contributed by atoms with E-state index >= 15 is 0 Å². The summed E-state index contributed by atoms with van der Waals surface area (Å²) in [6.07, 6.45) is 0.996. The largest absolute Gasteiger partial charge is 0.345 e. The molecule has 9 heteroatoms. The monoisotopic (exact) mass is 417 g/mol. The fraction of sp³-hybridized carbons (Fsp3) is 0.250.